The predicted octanol–water partition coefficient (Wildman–Crippen LogP) is 0.649. The number of hydrogen-bond donors (Lipinski definition) is 2. The Balaban J connectivity index is 2.41. The molecular weight excluding hydrogens is 218 g/mol. The highest BCUT2D eigenvalue weighted by atomic mass is 35.5. The van der Waals surface area contributed by atoms with Gasteiger partial charge in [-0.1, -0.05) is 11.6 Å². The number of pyridine rings is 1. The number of nitrogens with one attached hydrogen (secondary N) is 1. The van der Waals surface area contributed by atoms with E-state index in [0.29, 0.717) is 24.0 Å². The molecule has 0 spiro atoms. The summed E-state index contributed by atoms with van der Waals surface area (Å²) in [5, 5.41) is 2.91. The summed E-state index contributed by atoms with van der Waals surface area (Å²) in [5.74, 6) is 0.0320. The Hall–Kier alpha value is -1.17. The van der Waals surface area contributed by atoms with E-state index in [4.69, 9.17) is 22.1 Å². The average molecular weight is 230 g/mol. The lowest BCUT2D eigenvalue weighted by atomic mass is 10.4. The maximum absolute atomic E-state index is 11.3. The molecule has 0 atom stereocenters. The Morgan fingerprint density at radius 2 is 2.47 bits per heavy atom. The van der Waals surface area contributed by atoms with E-state index in [1.165, 1.54) is 0 Å². The number of carbonyl (C=O) groups excluding carboxylic acids is 1. The van der Waals surface area contributed by atoms with Crippen molar-refractivity contribution in [3.63, 3.8) is 0 Å². The van der Waals surface area contributed by atoms with Crippen LogP contribution in [0.15, 0.2) is 18.3 Å². The smallest absolute Gasteiger partial charge is 0.251 e. The van der Waals surface area contributed by atoms with Gasteiger partial charge in [-0.25, -0.2) is 4.98 Å². The van der Waals surface area contributed by atoms with Crippen molar-refractivity contribution in [1.29, 1.82) is 0 Å². The molecule has 0 unspecified atom stereocenters. The second-order valence-corrected chi connectivity index (χ2v) is 3.13. The number of amides is 1. The zero-order valence-corrected chi connectivity index (χ0v) is 8.83. The predicted molar refractivity (Wildman–Crippen MR) is 57.8 cm³/mol. The largest absolute Gasteiger partial charge is 0.370 e. The fraction of sp³-hybridized carbons (Fsp3) is 0.333. The number of ether oxygens (including phenoxy) is 1. The van der Waals surface area contributed by atoms with E-state index in [0.717, 1.165) is 0 Å². The molecule has 5 nitrogen and oxygen atoms in total. The number of nitrogens with zero attached hydrogens (tertiary/aromatic N) is 1. The molecule has 0 radical (unpaired) electrons. The maximum Gasteiger partial charge on any atom is 0.251 e. The van der Waals surface area contributed by atoms with Crippen LogP contribution in [0.2, 0.25) is 5.02 Å². The summed E-state index contributed by atoms with van der Waals surface area (Å²) in [4.78, 5) is 15.2. The molecule has 0 aliphatic rings. The number of anilines is 1. The monoisotopic (exact) mass is 229 g/mol. The molecule has 0 bridgehead atoms. The van der Waals surface area contributed by atoms with Crippen LogP contribution in [-0.2, 0) is 9.53 Å². The molecule has 0 saturated heterocycles. The van der Waals surface area contributed by atoms with Gasteiger partial charge >= 0.3 is 0 Å². The minimum Gasteiger partial charge on any atom is -0.370 e. The van der Waals surface area contributed by atoms with E-state index in [1.807, 2.05) is 0 Å². The van der Waals surface area contributed by atoms with Crippen LogP contribution in [0.1, 0.15) is 0 Å². The van der Waals surface area contributed by atoms with Gasteiger partial charge in [-0.2, -0.15) is 0 Å². The summed E-state index contributed by atoms with van der Waals surface area (Å²) in [6, 6.07) is 3.33. The lowest BCUT2D eigenvalue weighted by molar-refractivity contribution is -0.120. The Morgan fingerprint density at radius 3 is 3.13 bits per heavy atom. The number of carbonyl (C=O) groups is 1. The average Bonchev–Trinajstić information content (AvgIpc) is 2.22. The van der Waals surface area contributed by atoms with Crippen molar-refractivity contribution in [1.82, 2.24) is 4.98 Å². The summed E-state index contributed by atoms with van der Waals surface area (Å²) in [7, 11) is 0. The van der Waals surface area contributed by atoms with E-state index in [2.05, 4.69) is 10.3 Å². The molecule has 0 aliphatic heterocycles. The Kier molecular flexibility index (Phi) is 5.03. The van der Waals surface area contributed by atoms with E-state index in [-0.39, 0.29) is 12.5 Å². The van der Waals surface area contributed by atoms with E-state index < -0.39 is 0 Å². The first-order valence-electron chi connectivity index (χ1n) is 4.42. The normalized spacial score (nSPS) is 10.0. The first kappa shape index (κ1) is 11.9. The van der Waals surface area contributed by atoms with Crippen LogP contribution in [0, 0.1) is 0 Å². The number of aromatic nitrogens is 1. The van der Waals surface area contributed by atoms with Gasteiger partial charge in [0, 0.05) is 12.7 Å². The lowest BCUT2D eigenvalue weighted by Crippen LogP contribution is -2.21. The van der Waals surface area contributed by atoms with E-state index in [1.54, 1.807) is 18.3 Å². The van der Waals surface area contributed by atoms with Crippen LogP contribution in [0.3, 0.4) is 0 Å². The molecule has 0 fully saturated rings. The highest BCUT2D eigenvalue weighted by molar-refractivity contribution is 6.33. The molecular formula is C9H12ClN3O2. The van der Waals surface area contributed by atoms with Crippen LogP contribution >= 0.6 is 11.6 Å². The molecule has 1 amide bonds. The molecule has 0 aromatic carbocycles. The van der Waals surface area contributed by atoms with Crippen molar-refractivity contribution in [3.05, 3.63) is 23.4 Å². The second-order valence-electron chi connectivity index (χ2n) is 2.72. The van der Waals surface area contributed by atoms with Crippen LogP contribution in [-0.4, -0.2) is 30.6 Å². The molecule has 15 heavy (non-hydrogen) atoms. The number of halogens is 1. The van der Waals surface area contributed by atoms with E-state index in [9.17, 15) is 4.79 Å². The topological polar surface area (TPSA) is 77.2 Å². The third-order valence-electron chi connectivity index (χ3n) is 1.51. The summed E-state index contributed by atoms with van der Waals surface area (Å²) in [6.07, 6.45) is 1.54. The van der Waals surface area contributed by atoms with Gasteiger partial charge < -0.3 is 15.8 Å². The summed E-state index contributed by atoms with van der Waals surface area (Å²) in [6.45, 7) is 0.686. The molecule has 1 aromatic heterocycles. The first-order valence-corrected chi connectivity index (χ1v) is 4.80. The minimum atomic E-state index is -0.302. The van der Waals surface area contributed by atoms with Gasteiger partial charge in [-0.15, -0.1) is 0 Å². The summed E-state index contributed by atoms with van der Waals surface area (Å²) in [5.41, 5.74) is 5.20. The number of rotatable bonds is 5. The van der Waals surface area contributed by atoms with Gasteiger partial charge in [0.2, 0.25) is 0 Å². The van der Waals surface area contributed by atoms with E-state index >= 15 is 0 Å². The van der Waals surface area contributed by atoms with Crippen molar-refractivity contribution in [2.24, 2.45) is 5.73 Å². The number of hydrogen-bond acceptors (Lipinski definition) is 4. The van der Waals surface area contributed by atoms with Crippen LogP contribution in [0.25, 0.3) is 0 Å². The van der Waals surface area contributed by atoms with Gasteiger partial charge in [0.15, 0.2) is 5.82 Å². The fourth-order valence-corrected chi connectivity index (χ4v) is 1.06. The summed E-state index contributed by atoms with van der Waals surface area (Å²) >= 11 is 5.79. The van der Waals surface area contributed by atoms with Crippen LogP contribution in [0.5, 0.6) is 0 Å². The van der Waals surface area contributed by atoms with Gasteiger partial charge in [-0.05, 0) is 12.1 Å². The molecule has 82 valence electrons. The summed E-state index contributed by atoms with van der Waals surface area (Å²) < 4.78 is 4.95. The van der Waals surface area contributed by atoms with Gasteiger partial charge in [-0.3, -0.25) is 4.79 Å². The SMILES string of the molecule is NCCOCC(=O)Nc1ncccc1Cl. The maximum atomic E-state index is 11.3. The molecule has 3 N–H and O–H groups in total. The highest BCUT2D eigenvalue weighted by Gasteiger charge is 2.05. The molecule has 1 rings (SSSR count). The molecule has 0 aliphatic carbocycles. The lowest BCUT2D eigenvalue weighted by Gasteiger charge is -2.05. The van der Waals surface area contributed by atoms with Gasteiger partial charge in [0.25, 0.3) is 5.91 Å². The van der Waals surface area contributed by atoms with Gasteiger partial charge in [0.05, 0.1) is 11.6 Å². The van der Waals surface area contributed by atoms with Crippen molar-refractivity contribution in [2.75, 3.05) is 25.1 Å². The Bertz CT molecular complexity index is 333. The van der Waals surface area contributed by atoms with Crippen LogP contribution in [0.4, 0.5) is 5.82 Å². The molecule has 6 heteroatoms. The standard InChI is InChI=1S/C9H12ClN3O2/c10-7-2-1-4-12-9(7)13-8(14)6-15-5-3-11/h1-2,4H,3,5-6,11H2,(H,12,13,14). The van der Waals surface area contributed by atoms with Crippen molar-refractivity contribution >= 4 is 23.3 Å². The van der Waals surface area contributed by atoms with Crippen molar-refractivity contribution < 1.29 is 9.53 Å². The Morgan fingerprint density at radius 1 is 1.67 bits per heavy atom. The zero-order chi connectivity index (χ0) is 11.1. The molecule has 1 aromatic rings. The fourth-order valence-electron chi connectivity index (χ4n) is 0.894. The highest BCUT2D eigenvalue weighted by Crippen LogP contribution is 2.16. The second kappa shape index (κ2) is 6.34. The van der Waals surface area contributed by atoms with Gasteiger partial charge in [0.1, 0.15) is 6.61 Å². The molecule has 1 heterocycles. The number of nitrogens with two attached hydrogens (primary N) is 1. The quantitative estimate of drug-likeness (QED) is 0.727. The molecule has 0 saturated carbocycles. The van der Waals surface area contributed by atoms with Crippen molar-refractivity contribution in [2.45, 2.75) is 0 Å². The minimum absolute atomic E-state index is 0.0515. The first-order chi connectivity index (χ1) is 7.24. The third kappa shape index (κ3) is 4.24. The Labute approximate surface area is 92.6 Å². The van der Waals surface area contributed by atoms with Crippen molar-refractivity contribution in [3.8, 4) is 0 Å². The van der Waals surface area contributed by atoms with Crippen LogP contribution < -0.4 is 11.1 Å². The zero-order valence-electron chi connectivity index (χ0n) is 8.07. The third-order valence-corrected chi connectivity index (χ3v) is 1.82.